The zero-order valence-corrected chi connectivity index (χ0v) is 14.7. The summed E-state index contributed by atoms with van der Waals surface area (Å²) in [6.45, 7) is 0.433. The van der Waals surface area contributed by atoms with Crippen molar-refractivity contribution in [2.75, 3.05) is 20.8 Å². The van der Waals surface area contributed by atoms with Gasteiger partial charge in [-0.25, -0.2) is 0 Å². The highest BCUT2D eigenvalue weighted by Crippen LogP contribution is 2.38. The monoisotopic (exact) mass is 353 g/mol. The summed E-state index contributed by atoms with van der Waals surface area (Å²) in [4.78, 5) is 0. The van der Waals surface area contributed by atoms with Crippen molar-refractivity contribution in [3.63, 3.8) is 0 Å². The van der Waals surface area contributed by atoms with Crippen LogP contribution in [0.25, 0.3) is 0 Å². The van der Waals surface area contributed by atoms with Crippen molar-refractivity contribution in [1.82, 2.24) is 0 Å². The molecule has 6 heteroatoms. The average Bonchev–Trinajstić information content (AvgIpc) is 2.60. The minimum absolute atomic E-state index is 0. The first-order valence-corrected chi connectivity index (χ1v) is 7.48. The minimum Gasteiger partial charge on any atom is -0.493 e. The van der Waals surface area contributed by atoms with Gasteiger partial charge in [0, 0.05) is 24.3 Å². The van der Waals surface area contributed by atoms with Crippen LogP contribution in [0.4, 0.5) is 0 Å². The van der Waals surface area contributed by atoms with Gasteiger partial charge in [0.05, 0.1) is 14.2 Å². The van der Waals surface area contributed by atoms with E-state index < -0.39 is 0 Å². The SMILES string of the molecule is COc1cc(OCc2ccccc2)c([C@H](N)CCO)cc1OC.Cl. The van der Waals surface area contributed by atoms with Crippen LogP contribution in [0.5, 0.6) is 17.2 Å². The molecule has 0 aliphatic rings. The molecule has 0 amide bonds. The normalized spacial score (nSPS) is 11.3. The first-order chi connectivity index (χ1) is 11.2. The molecule has 2 rings (SSSR count). The molecule has 0 spiro atoms. The Labute approximate surface area is 148 Å². The molecule has 0 bridgehead atoms. The van der Waals surface area contributed by atoms with E-state index in [1.807, 2.05) is 30.3 Å². The summed E-state index contributed by atoms with van der Waals surface area (Å²) in [7, 11) is 3.15. The maximum atomic E-state index is 9.15. The number of aliphatic hydroxyl groups excluding tert-OH is 1. The second kappa shape index (κ2) is 10.0. The van der Waals surface area contributed by atoms with Gasteiger partial charge in [-0.1, -0.05) is 30.3 Å². The molecule has 1 atom stereocenters. The number of hydrogen-bond acceptors (Lipinski definition) is 5. The van der Waals surface area contributed by atoms with E-state index in [4.69, 9.17) is 25.1 Å². The number of methoxy groups -OCH3 is 2. The van der Waals surface area contributed by atoms with Crippen molar-refractivity contribution in [2.45, 2.75) is 19.1 Å². The third-order valence-electron chi connectivity index (χ3n) is 3.59. The predicted octanol–water partition coefficient (Wildman–Crippen LogP) is 3.09. The fourth-order valence-electron chi connectivity index (χ4n) is 2.32. The number of rotatable bonds is 8. The predicted molar refractivity (Wildman–Crippen MR) is 96.2 cm³/mol. The van der Waals surface area contributed by atoms with Gasteiger partial charge in [-0.2, -0.15) is 0 Å². The van der Waals surface area contributed by atoms with E-state index in [1.54, 1.807) is 26.4 Å². The first kappa shape index (κ1) is 20.1. The molecule has 0 aromatic heterocycles. The summed E-state index contributed by atoms with van der Waals surface area (Å²) in [6, 6.07) is 13.1. The fourth-order valence-corrected chi connectivity index (χ4v) is 2.32. The Hall–Kier alpha value is -1.95. The van der Waals surface area contributed by atoms with Gasteiger partial charge < -0.3 is 25.1 Å². The molecule has 5 nitrogen and oxygen atoms in total. The number of benzene rings is 2. The summed E-state index contributed by atoms with van der Waals surface area (Å²) in [6.07, 6.45) is 0.442. The van der Waals surface area contributed by atoms with Crippen LogP contribution in [0.2, 0.25) is 0 Å². The summed E-state index contributed by atoms with van der Waals surface area (Å²) in [5.41, 5.74) is 8.00. The number of hydrogen-bond donors (Lipinski definition) is 2. The van der Waals surface area contributed by atoms with Crippen molar-refractivity contribution >= 4 is 12.4 Å². The van der Waals surface area contributed by atoms with E-state index in [1.165, 1.54) is 0 Å². The summed E-state index contributed by atoms with van der Waals surface area (Å²) < 4.78 is 16.6. The number of halogens is 1. The maximum Gasteiger partial charge on any atom is 0.164 e. The Balaban J connectivity index is 0.00000288. The lowest BCUT2D eigenvalue weighted by atomic mass is 10.0. The molecule has 2 aromatic carbocycles. The number of nitrogens with two attached hydrogens (primary N) is 1. The second-order valence-corrected chi connectivity index (χ2v) is 5.14. The second-order valence-electron chi connectivity index (χ2n) is 5.14. The van der Waals surface area contributed by atoms with Crippen LogP contribution in [0.3, 0.4) is 0 Å². The Morgan fingerprint density at radius 2 is 1.62 bits per heavy atom. The van der Waals surface area contributed by atoms with Gasteiger partial charge >= 0.3 is 0 Å². The molecule has 0 saturated carbocycles. The molecule has 0 aliphatic carbocycles. The Morgan fingerprint density at radius 3 is 2.21 bits per heavy atom. The molecule has 0 fully saturated rings. The Kier molecular flexibility index (Phi) is 8.40. The highest BCUT2D eigenvalue weighted by atomic mass is 35.5. The number of aliphatic hydroxyl groups is 1. The highest BCUT2D eigenvalue weighted by molar-refractivity contribution is 5.85. The Bertz CT molecular complexity index is 622. The molecule has 3 N–H and O–H groups in total. The van der Waals surface area contributed by atoms with Crippen LogP contribution in [0.1, 0.15) is 23.6 Å². The molecule has 132 valence electrons. The van der Waals surface area contributed by atoms with E-state index >= 15 is 0 Å². The van der Waals surface area contributed by atoms with Crippen molar-refractivity contribution in [3.8, 4) is 17.2 Å². The lowest BCUT2D eigenvalue weighted by Crippen LogP contribution is -2.14. The van der Waals surface area contributed by atoms with Gasteiger partial charge in [0.2, 0.25) is 0 Å². The maximum absolute atomic E-state index is 9.15. The quantitative estimate of drug-likeness (QED) is 0.762. The molecule has 0 aliphatic heterocycles. The van der Waals surface area contributed by atoms with Gasteiger partial charge in [0.15, 0.2) is 11.5 Å². The highest BCUT2D eigenvalue weighted by Gasteiger charge is 2.17. The minimum atomic E-state index is -0.342. The standard InChI is InChI=1S/C18H23NO4.ClH/c1-21-17-10-14(15(19)8-9-20)16(11-18(17)22-2)23-12-13-6-4-3-5-7-13;/h3-7,10-11,15,20H,8-9,12,19H2,1-2H3;1H/t15-;/m1./s1. The van der Waals surface area contributed by atoms with Crippen LogP contribution < -0.4 is 19.9 Å². The number of ether oxygens (including phenoxy) is 3. The summed E-state index contributed by atoms with van der Waals surface area (Å²) in [5, 5.41) is 9.15. The van der Waals surface area contributed by atoms with Crippen LogP contribution >= 0.6 is 12.4 Å². The van der Waals surface area contributed by atoms with Gasteiger partial charge in [0.1, 0.15) is 12.4 Å². The van der Waals surface area contributed by atoms with Gasteiger partial charge in [-0.05, 0) is 18.1 Å². The van der Waals surface area contributed by atoms with Crippen LogP contribution in [-0.4, -0.2) is 25.9 Å². The van der Waals surface area contributed by atoms with E-state index in [-0.39, 0.29) is 25.1 Å². The molecule has 2 aromatic rings. The van der Waals surface area contributed by atoms with E-state index in [2.05, 4.69) is 0 Å². The van der Waals surface area contributed by atoms with Crippen LogP contribution in [0.15, 0.2) is 42.5 Å². The Morgan fingerprint density at radius 1 is 1.00 bits per heavy atom. The first-order valence-electron chi connectivity index (χ1n) is 7.48. The lowest BCUT2D eigenvalue weighted by molar-refractivity contribution is 0.269. The van der Waals surface area contributed by atoms with Crippen LogP contribution in [0, 0.1) is 0 Å². The largest absolute Gasteiger partial charge is 0.493 e. The molecule has 24 heavy (non-hydrogen) atoms. The zero-order chi connectivity index (χ0) is 16.7. The molecular formula is C18H24ClNO4. The third kappa shape index (κ3) is 5.03. The van der Waals surface area contributed by atoms with E-state index in [9.17, 15) is 0 Å². The fraction of sp³-hybridized carbons (Fsp3) is 0.333. The average molecular weight is 354 g/mol. The molecule has 0 unspecified atom stereocenters. The van der Waals surface area contributed by atoms with Crippen molar-refractivity contribution in [3.05, 3.63) is 53.6 Å². The van der Waals surface area contributed by atoms with Gasteiger partial charge in [-0.15, -0.1) is 12.4 Å². The topological polar surface area (TPSA) is 73.9 Å². The molecule has 0 radical (unpaired) electrons. The van der Waals surface area contributed by atoms with Crippen LogP contribution in [-0.2, 0) is 6.61 Å². The van der Waals surface area contributed by atoms with E-state index in [0.29, 0.717) is 30.3 Å². The van der Waals surface area contributed by atoms with E-state index in [0.717, 1.165) is 11.1 Å². The molecule has 0 saturated heterocycles. The van der Waals surface area contributed by atoms with Crippen molar-refractivity contribution < 1.29 is 19.3 Å². The summed E-state index contributed by atoms with van der Waals surface area (Å²) in [5.74, 6) is 1.80. The third-order valence-corrected chi connectivity index (χ3v) is 3.59. The summed E-state index contributed by atoms with van der Waals surface area (Å²) >= 11 is 0. The van der Waals surface area contributed by atoms with Gasteiger partial charge in [0.25, 0.3) is 0 Å². The zero-order valence-electron chi connectivity index (χ0n) is 13.9. The van der Waals surface area contributed by atoms with Gasteiger partial charge in [-0.3, -0.25) is 0 Å². The van der Waals surface area contributed by atoms with Crippen molar-refractivity contribution in [1.29, 1.82) is 0 Å². The molecular weight excluding hydrogens is 330 g/mol. The molecule has 0 heterocycles. The lowest BCUT2D eigenvalue weighted by Gasteiger charge is -2.19. The van der Waals surface area contributed by atoms with Crippen molar-refractivity contribution in [2.24, 2.45) is 5.73 Å². The smallest absolute Gasteiger partial charge is 0.164 e.